The first-order chi connectivity index (χ1) is 19.9. The van der Waals surface area contributed by atoms with Gasteiger partial charge in [0, 0.05) is 29.0 Å². The molecule has 1 aliphatic carbocycles. The molecule has 2 fully saturated rings. The fraction of sp³-hybridized carbons (Fsp3) is 0.303. The summed E-state index contributed by atoms with van der Waals surface area (Å²) in [4.78, 5) is 19.1. The van der Waals surface area contributed by atoms with Crippen molar-refractivity contribution in [2.24, 2.45) is 0 Å². The number of hydrogen-bond donors (Lipinski definition) is 1. The summed E-state index contributed by atoms with van der Waals surface area (Å²) < 4.78 is 13.4. The number of carbonyl (C=O) groups is 1. The number of anilines is 1. The first kappa shape index (κ1) is 27.0. The fourth-order valence-electron chi connectivity index (χ4n) is 6.21. The zero-order valence-electron chi connectivity index (χ0n) is 23.5. The average Bonchev–Trinajstić information content (AvgIpc) is 3.71. The van der Waals surface area contributed by atoms with E-state index in [9.17, 15) is 4.79 Å². The lowest BCUT2D eigenvalue weighted by atomic mass is 9.96. The SMILES string of the molecule is COC(=O)c1cccc(-n2c(C)cc([C@H]3[C@@H](c4ccccn4)NC(=S)N3c3ccc(OC4CCCC4)cc3)c2C)c1. The molecule has 0 radical (unpaired) electrons. The third-order valence-electron chi connectivity index (χ3n) is 8.13. The molecular formula is C33H34N4O3S. The minimum atomic E-state index is -0.360. The molecule has 210 valence electrons. The summed E-state index contributed by atoms with van der Waals surface area (Å²) >= 11 is 5.96. The smallest absolute Gasteiger partial charge is 0.337 e. The van der Waals surface area contributed by atoms with Crippen LogP contribution in [0.5, 0.6) is 5.75 Å². The normalized spacial score (nSPS) is 18.9. The van der Waals surface area contributed by atoms with E-state index in [4.69, 9.17) is 26.7 Å². The minimum absolute atomic E-state index is 0.150. The van der Waals surface area contributed by atoms with Gasteiger partial charge in [0.05, 0.1) is 36.6 Å². The highest BCUT2D eigenvalue weighted by Crippen LogP contribution is 2.44. The van der Waals surface area contributed by atoms with Crippen LogP contribution >= 0.6 is 12.2 Å². The van der Waals surface area contributed by atoms with Crippen molar-refractivity contribution in [3.8, 4) is 11.4 Å². The summed E-state index contributed by atoms with van der Waals surface area (Å²) in [5.41, 5.74) is 6.56. The monoisotopic (exact) mass is 566 g/mol. The molecule has 0 amide bonds. The molecule has 2 aromatic carbocycles. The van der Waals surface area contributed by atoms with Crippen molar-refractivity contribution in [1.82, 2.24) is 14.9 Å². The number of pyridine rings is 1. The van der Waals surface area contributed by atoms with E-state index in [1.165, 1.54) is 20.0 Å². The standard InChI is InChI=1S/C33H34N4O3S/c1-21-19-28(22(2)36(21)25-10-8-9-23(20-25)32(38)39-3)31-30(29-13-6-7-18-34-29)35-33(41)37(31)24-14-16-27(17-15-24)40-26-11-4-5-12-26/h6-10,13-20,26,30-31H,4-5,11-12H2,1-3H3,(H,35,41)/t30-,31+/m1/s1. The number of aryl methyl sites for hydroxylation is 1. The van der Waals surface area contributed by atoms with Crippen molar-refractivity contribution in [1.29, 1.82) is 0 Å². The number of ether oxygens (including phenoxy) is 2. The molecule has 2 aliphatic rings. The topological polar surface area (TPSA) is 68.6 Å². The predicted molar refractivity (Wildman–Crippen MR) is 164 cm³/mol. The third kappa shape index (κ3) is 5.20. The van der Waals surface area contributed by atoms with Gasteiger partial charge in [0.2, 0.25) is 0 Å². The summed E-state index contributed by atoms with van der Waals surface area (Å²) in [5.74, 6) is 0.529. The molecule has 1 aliphatic heterocycles. The number of carbonyl (C=O) groups excluding carboxylic acids is 1. The third-order valence-corrected chi connectivity index (χ3v) is 8.45. The number of benzene rings is 2. The van der Waals surface area contributed by atoms with Gasteiger partial charge < -0.3 is 24.3 Å². The summed E-state index contributed by atoms with van der Waals surface area (Å²) in [5, 5.41) is 4.21. The van der Waals surface area contributed by atoms with E-state index in [1.807, 2.05) is 54.7 Å². The van der Waals surface area contributed by atoms with Crippen LogP contribution in [0.4, 0.5) is 5.69 Å². The van der Waals surface area contributed by atoms with Gasteiger partial charge in [-0.3, -0.25) is 4.98 Å². The Balaban J connectivity index is 1.41. The molecule has 1 saturated heterocycles. The maximum atomic E-state index is 12.3. The van der Waals surface area contributed by atoms with E-state index in [2.05, 4.69) is 46.8 Å². The molecule has 0 bridgehead atoms. The number of nitrogens with one attached hydrogen (secondary N) is 1. The molecule has 6 rings (SSSR count). The van der Waals surface area contributed by atoms with Crippen LogP contribution < -0.4 is 15.0 Å². The number of nitrogens with zero attached hydrogens (tertiary/aromatic N) is 3. The Morgan fingerprint density at radius 1 is 0.976 bits per heavy atom. The Morgan fingerprint density at radius 3 is 2.46 bits per heavy atom. The number of aromatic nitrogens is 2. The number of methoxy groups -OCH3 is 1. The number of rotatable bonds is 7. The van der Waals surface area contributed by atoms with Crippen LogP contribution in [0.3, 0.4) is 0 Å². The van der Waals surface area contributed by atoms with E-state index in [0.29, 0.717) is 16.8 Å². The van der Waals surface area contributed by atoms with Crippen LogP contribution in [0.1, 0.15) is 70.8 Å². The zero-order valence-corrected chi connectivity index (χ0v) is 24.4. The molecule has 2 atom stereocenters. The van der Waals surface area contributed by atoms with E-state index in [0.717, 1.165) is 52.6 Å². The van der Waals surface area contributed by atoms with Crippen molar-refractivity contribution in [3.05, 3.63) is 107 Å². The Hall–Kier alpha value is -4.17. The fourth-order valence-corrected chi connectivity index (χ4v) is 6.55. The van der Waals surface area contributed by atoms with Gasteiger partial charge in [-0.2, -0.15) is 0 Å². The second-order valence-electron chi connectivity index (χ2n) is 10.7. The summed E-state index contributed by atoms with van der Waals surface area (Å²) in [6.07, 6.45) is 6.83. The summed E-state index contributed by atoms with van der Waals surface area (Å²) in [7, 11) is 1.40. The second kappa shape index (κ2) is 11.4. The van der Waals surface area contributed by atoms with Gasteiger partial charge >= 0.3 is 5.97 Å². The van der Waals surface area contributed by atoms with Gasteiger partial charge in [-0.25, -0.2) is 4.79 Å². The lowest BCUT2D eigenvalue weighted by Crippen LogP contribution is -2.29. The number of esters is 1. The first-order valence-corrected chi connectivity index (χ1v) is 14.5. The van der Waals surface area contributed by atoms with Gasteiger partial charge in [0.25, 0.3) is 0 Å². The lowest BCUT2D eigenvalue weighted by Gasteiger charge is -2.28. The zero-order chi connectivity index (χ0) is 28.5. The molecule has 4 aromatic rings. The van der Waals surface area contributed by atoms with Crippen LogP contribution in [-0.2, 0) is 4.74 Å². The molecule has 3 heterocycles. The van der Waals surface area contributed by atoms with E-state index in [-0.39, 0.29) is 18.1 Å². The number of hydrogen-bond acceptors (Lipinski definition) is 5. The Morgan fingerprint density at radius 2 is 1.76 bits per heavy atom. The molecule has 41 heavy (non-hydrogen) atoms. The van der Waals surface area contributed by atoms with Crippen LogP contribution in [0.2, 0.25) is 0 Å². The quantitative estimate of drug-likeness (QED) is 0.195. The molecule has 2 aromatic heterocycles. The van der Waals surface area contributed by atoms with Crippen LogP contribution in [0, 0.1) is 13.8 Å². The molecule has 1 saturated carbocycles. The molecule has 0 unspecified atom stereocenters. The van der Waals surface area contributed by atoms with Crippen LogP contribution in [0.25, 0.3) is 5.69 Å². The predicted octanol–water partition coefficient (Wildman–Crippen LogP) is 6.77. The second-order valence-corrected chi connectivity index (χ2v) is 11.1. The summed E-state index contributed by atoms with van der Waals surface area (Å²) in [6.45, 7) is 4.19. The number of thiocarbonyl (C=S) groups is 1. The maximum Gasteiger partial charge on any atom is 0.337 e. The molecule has 7 nitrogen and oxygen atoms in total. The van der Waals surface area contributed by atoms with Crippen LogP contribution in [0.15, 0.2) is 79.0 Å². The molecular weight excluding hydrogens is 532 g/mol. The van der Waals surface area contributed by atoms with E-state index in [1.54, 1.807) is 6.07 Å². The van der Waals surface area contributed by atoms with Crippen molar-refractivity contribution >= 4 is 29.0 Å². The highest BCUT2D eigenvalue weighted by molar-refractivity contribution is 7.80. The molecule has 8 heteroatoms. The van der Waals surface area contributed by atoms with Crippen molar-refractivity contribution in [3.63, 3.8) is 0 Å². The Kier molecular flexibility index (Phi) is 7.49. The lowest BCUT2D eigenvalue weighted by molar-refractivity contribution is 0.0600. The Bertz CT molecular complexity index is 1560. The van der Waals surface area contributed by atoms with Crippen LogP contribution in [-0.4, -0.2) is 33.8 Å². The van der Waals surface area contributed by atoms with Gasteiger partial charge in [0.15, 0.2) is 5.11 Å². The van der Waals surface area contributed by atoms with Gasteiger partial charge in [0.1, 0.15) is 5.75 Å². The minimum Gasteiger partial charge on any atom is -0.490 e. The van der Waals surface area contributed by atoms with E-state index >= 15 is 0 Å². The Labute approximate surface area is 246 Å². The van der Waals surface area contributed by atoms with Crippen molar-refractivity contribution in [2.45, 2.75) is 57.7 Å². The molecule has 0 spiro atoms. The van der Waals surface area contributed by atoms with Crippen molar-refractivity contribution < 1.29 is 14.3 Å². The van der Waals surface area contributed by atoms with Gasteiger partial charge in [-0.1, -0.05) is 12.1 Å². The first-order valence-electron chi connectivity index (χ1n) is 14.1. The van der Waals surface area contributed by atoms with Gasteiger partial charge in [-0.05, 0) is 118 Å². The van der Waals surface area contributed by atoms with E-state index < -0.39 is 0 Å². The largest absolute Gasteiger partial charge is 0.490 e. The van der Waals surface area contributed by atoms with Crippen molar-refractivity contribution in [2.75, 3.05) is 12.0 Å². The van der Waals surface area contributed by atoms with Gasteiger partial charge in [-0.15, -0.1) is 0 Å². The maximum absolute atomic E-state index is 12.3. The highest BCUT2D eigenvalue weighted by atomic mass is 32.1. The molecule has 1 N–H and O–H groups in total. The average molecular weight is 567 g/mol. The summed E-state index contributed by atoms with van der Waals surface area (Å²) in [6, 6.07) is 23.6. The highest BCUT2D eigenvalue weighted by Gasteiger charge is 2.42.